The smallest absolute Gasteiger partial charge is 0.206 e. The SMILES string of the molecule is Fc1cccc(F)c1-c1nnc(-c2c(F)cccc2F)nn1.Fc1ccccc1-c1nnc(-c2ccccc2F)nn1.c1ccc(-c2nnc(-c3ccccc3)nn2)cc1. The van der Waals surface area contributed by atoms with Crippen molar-refractivity contribution in [2.45, 2.75) is 0 Å². The number of rotatable bonds is 6. The van der Waals surface area contributed by atoms with Crippen molar-refractivity contribution in [1.82, 2.24) is 61.2 Å². The molecule has 0 saturated carbocycles. The van der Waals surface area contributed by atoms with E-state index in [1.807, 2.05) is 60.7 Å². The van der Waals surface area contributed by atoms with E-state index < -0.39 is 57.7 Å². The second kappa shape index (κ2) is 18.8. The van der Waals surface area contributed by atoms with Crippen molar-refractivity contribution in [2.75, 3.05) is 0 Å². The van der Waals surface area contributed by atoms with E-state index in [1.54, 1.807) is 24.3 Å². The maximum absolute atomic E-state index is 13.6. The molecule has 6 aromatic carbocycles. The van der Waals surface area contributed by atoms with Gasteiger partial charge in [-0.05, 0) is 48.5 Å². The average molecular weight is 811 g/mol. The molecule has 0 unspecified atom stereocenters. The first kappa shape index (κ1) is 39.9. The van der Waals surface area contributed by atoms with E-state index in [4.69, 9.17) is 0 Å². The minimum Gasteiger partial charge on any atom is -0.206 e. The van der Waals surface area contributed by atoms with Gasteiger partial charge in [-0.3, -0.25) is 0 Å². The van der Waals surface area contributed by atoms with E-state index in [1.165, 1.54) is 36.4 Å². The first-order valence-electron chi connectivity index (χ1n) is 17.5. The van der Waals surface area contributed by atoms with Crippen LogP contribution in [0.1, 0.15) is 0 Å². The van der Waals surface area contributed by atoms with Crippen LogP contribution in [-0.2, 0) is 0 Å². The lowest BCUT2D eigenvalue weighted by Gasteiger charge is -2.04. The van der Waals surface area contributed by atoms with Gasteiger partial charge >= 0.3 is 0 Å². The summed E-state index contributed by atoms with van der Waals surface area (Å²) >= 11 is 0. The predicted octanol–water partition coefficient (Wildman–Crippen LogP) is 8.64. The fraction of sp³-hybridized carbons (Fsp3) is 0. The summed E-state index contributed by atoms with van der Waals surface area (Å²) in [7, 11) is 0. The molecule has 0 spiro atoms. The summed E-state index contributed by atoms with van der Waals surface area (Å²) in [5.41, 5.74) is 1.21. The third-order valence-corrected chi connectivity index (χ3v) is 8.10. The highest BCUT2D eigenvalue weighted by Crippen LogP contribution is 2.25. The van der Waals surface area contributed by atoms with Gasteiger partial charge in [0, 0.05) is 11.1 Å². The molecule has 3 aromatic heterocycles. The highest BCUT2D eigenvalue weighted by molar-refractivity contribution is 5.60. The van der Waals surface area contributed by atoms with Crippen molar-refractivity contribution in [2.24, 2.45) is 0 Å². The lowest BCUT2D eigenvalue weighted by Crippen LogP contribution is -2.04. The van der Waals surface area contributed by atoms with E-state index in [0.717, 1.165) is 35.4 Å². The molecule has 9 aromatic rings. The molecular formula is C42H24F6N12. The average Bonchev–Trinajstić information content (AvgIpc) is 3.28. The Bertz CT molecular complexity index is 2590. The van der Waals surface area contributed by atoms with Crippen LogP contribution in [0.2, 0.25) is 0 Å². The summed E-state index contributed by atoms with van der Waals surface area (Å²) in [5, 5.41) is 45.6. The van der Waals surface area contributed by atoms with Crippen molar-refractivity contribution < 1.29 is 26.3 Å². The molecule has 12 nitrogen and oxygen atoms in total. The highest BCUT2D eigenvalue weighted by atomic mass is 19.2. The Balaban J connectivity index is 0.000000137. The Morgan fingerprint density at radius 2 is 0.467 bits per heavy atom. The fourth-order valence-electron chi connectivity index (χ4n) is 5.22. The minimum absolute atomic E-state index is 0.0585. The molecule has 0 aliphatic rings. The van der Waals surface area contributed by atoms with E-state index in [0.29, 0.717) is 11.6 Å². The maximum atomic E-state index is 13.6. The molecule has 0 aliphatic carbocycles. The lowest BCUT2D eigenvalue weighted by molar-refractivity contribution is 0.581. The zero-order valence-electron chi connectivity index (χ0n) is 30.5. The summed E-state index contributed by atoms with van der Waals surface area (Å²) in [6.45, 7) is 0. The van der Waals surface area contributed by atoms with Gasteiger partial charge in [0.2, 0.25) is 34.9 Å². The number of benzene rings is 6. The van der Waals surface area contributed by atoms with Crippen LogP contribution in [0.4, 0.5) is 26.3 Å². The van der Waals surface area contributed by atoms with Crippen molar-refractivity contribution >= 4 is 0 Å². The zero-order valence-corrected chi connectivity index (χ0v) is 30.5. The highest BCUT2D eigenvalue weighted by Gasteiger charge is 2.19. The molecule has 0 radical (unpaired) electrons. The zero-order chi connectivity index (χ0) is 41.8. The Hall–Kier alpha value is -8.28. The molecule has 0 fully saturated rings. The molecule has 0 N–H and O–H groups in total. The van der Waals surface area contributed by atoms with E-state index in [-0.39, 0.29) is 22.8 Å². The van der Waals surface area contributed by atoms with Crippen molar-refractivity contribution in [1.29, 1.82) is 0 Å². The number of hydrogen-bond donors (Lipinski definition) is 0. The largest absolute Gasteiger partial charge is 0.209 e. The number of hydrogen-bond acceptors (Lipinski definition) is 12. The van der Waals surface area contributed by atoms with Gasteiger partial charge in [-0.1, -0.05) is 97.1 Å². The summed E-state index contributed by atoms with van der Waals surface area (Å²) < 4.78 is 81.5. The van der Waals surface area contributed by atoms with Gasteiger partial charge in [0.05, 0.1) is 22.3 Å². The topological polar surface area (TPSA) is 155 Å². The van der Waals surface area contributed by atoms with Gasteiger partial charge < -0.3 is 0 Å². The van der Waals surface area contributed by atoms with Gasteiger partial charge in [-0.25, -0.2) is 26.3 Å². The summed E-state index contributed by atoms with van der Waals surface area (Å²) in [6, 6.07) is 37.9. The molecular weight excluding hydrogens is 787 g/mol. The fourth-order valence-corrected chi connectivity index (χ4v) is 5.22. The van der Waals surface area contributed by atoms with Gasteiger partial charge in [0.15, 0.2) is 0 Å². The Morgan fingerprint density at radius 1 is 0.217 bits per heavy atom. The van der Waals surface area contributed by atoms with Gasteiger partial charge in [-0.2, -0.15) is 0 Å². The van der Waals surface area contributed by atoms with Crippen LogP contribution in [0.15, 0.2) is 146 Å². The van der Waals surface area contributed by atoms with Crippen molar-refractivity contribution in [3.8, 4) is 68.3 Å². The lowest BCUT2D eigenvalue weighted by atomic mass is 10.2. The predicted molar refractivity (Wildman–Crippen MR) is 205 cm³/mol. The third kappa shape index (κ3) is 9.46. The van der Waals surface area contributed by atoms with Gasteiger partial charge in [0.25, 0.3) is 0 Å². The summed E-state index contributed by atoms with van der Waals surface area (Å²) in [4.78, 5) is 0. The molecule has 18 heteroatoms. The van der Waals surface area contributed by atoms with E-state index in [2.05, 4.69) is 61.2 Å². The van der Waals surface area contributed by atoms with Crippen LogP contribution < -0.4 is 0 Å². The maximum Gasteiger partial charge on any atom is 0.209 e. The molecule has 0 aliphatic heterocycles. The van der Waals surface area contributed by atoms with Crippen molar-refractivity contribution in [3.05, 3.63) is 180 Å². The van der Waals surface area contributed by atoms with Crippen molar-refractivity contribution in [3.63, 3.8) is 0 Å². The van der Waals surface area contributed by atoms with E-state index in [9.17, 15) is 26.3 Å². The van der Waals surface area contributed by atoms with Gasteiger partial charge in [0.1, 0.15) is 34.9 Å². The van der Waals surface area contributed by atoms with E-state index >= 15 is 0 Å². The monoisotopic (exact) mass is 810 g/mol. The number of halogens is 6. The number of nitrogens with zero attached hydrogens (tertiary/aromatic N) is 12. The first-order valence-corrected chi connectivity index (χ1v) is 17.5. The summed E-state index contributed by atoms with van der Waals surface area (Å²) in [5.74, 6) is -4.16. The van der Waals surface area contributed by atoms with Gasteiger partial charge in [-0.15, -0.1) is 61.2 Å². The molecule has 0 atom stereocenters. The van der Waals surface area contributed by atoms with Crippen LogP contribution in [0, 0.1) is 34.9 Å². The van der Waals surface area contributed by atoms with Crippen LogP contribution in [0.5, 0.6) is 0 Å². The normalized spacial score (nSPS) is 10.5. The molecule has 0 saturated heterocycles. The molecule has 3 heterocycles. The second-order valence-corrected chi connectivity index (χ2v) is 12.0. The Kier molecular flexibility index (Phi) is 12.5. The minimum atomic E-state index is -0.895. The second-order valence-electron chi connectivity index (χ2n) is 12.0. The van der Waals surface area contributed by atoms with Crippen LogP contribution in [-0.4, -0.2) is 61.2 Å². The molecule has 0 bridgehead atoms. The Morgan fingerprint density at radius 3 is 0.783 bits per heavy atom. The quantitative estimate of drug-likeness (QED) is 0.148. The third-order valence-electron chi connectivity index (χ3n) is 8.10. The summed E-state index contributed by atoms with van der Waals surface area (Å²) in [6.07, 6.45) is 0. The Labute approximate surface area is 335 Å². The first-order chi connectivity index (χ1) is 29.3. The molecule has 60 heavy (non-hydrogen) atoms. The number of aromatic nitrogens is 12. The molecule has 9 rings (SSSR count). The standard InChI is InChI=1S/C14H6F4N4.C14H8F2N4.C14H10N4/c15-7-3-1-4-8(16)11(7)13-19-21-14(22-20-13)12-9(17)5-2-6-10(12)18;15-11-7-3-1-5-9(11)13-17-19-14(20-18-13)10-6-2-4-8-12(10)16;1-3-7-11(8-4-1)13-15-17-14(18-16-13)12-9-5-2-6-10-12/h1-6H;1-8H;1-10H. The van der Waals surface area contributed by atoms with Crippen LogP contribution in [0.3, 0.4) is 0 Å². The molecule has 0 amide bonds. The molecule has 294 valence electrons. The van der Waals surface area contributed by atoms with Crippen LogP contribution in [0.25, 0.3) is 68.3 Å². The van der Waals surface area contributed by atoms with Crippen LogP contribution >= 0.6 is 0 Å².